The molecule has 0 atom stereocenters. The Hall–Kier alpha value is -0.310. The first kappa shape index (κ1) is 9.25. The van der Waals surface area contributed by atoms with Gasteiger partial charge in [0.15, 0.2) is 0 Å². The van der Waals surface area contributed by atoms with Gasteiger partial charge in [-0.25, -0.2) is 4.98 Å². The molecule has 4 heteroatoms. The fraction of sp³-hybridized carbons (Fsp3) is 0. The normalized spacial score (nSPS) is 10.7. The van der Waals surface area contributed by atoms with Gasteiger partial charge in [0.25, 0.3) is 0 Å². The predicted molar refractivity (Wildman–Crippen MR) is 59.5 cm³/mol. The lowest BCUT2D eigenvalue weighted by Crippen LogP contribution is -1.80. The summed E-state index contributed by atoms with van der Waals surface area (Å²) >= 11 is 15.0. The minimum Gasteiger partial charge on any atom is -0.235 e. The van der Waals surface area contributed by atoms with Crippen molar-refractivity contribution in [2.45, 2.75) is 0 Å². The Labute approximate surface area is 93.8 Å². The van der Waals surface area contributed by atoms with Gasteiger partial charge in [-0.3, -0.25) is 0 Å². The van der Waals surface area contributed by atoms with Crippen molar-refractivity contribution in [2.24, 2.45) is 0 Å². The zero-order valence-corrected chi connectivity index (χ0v) is 9.49. The summed E-state index contributed by atoms with van der Waals surface area (Å²) < 4.78 is 1.00. The third kappa shape index (κ3) is 1.80. The third-order valence-corrected chi connectivity index (χ3v) is 2.85. The van der Waals surface area contributed by atoms with Crippen molar-refractivity contribution >= 4 is 50.0 Å². The van der Waals surface area contributed by atoms with Crippen LogP contribution in [0.4, 0.5) is 0 Å². The number of fused-ring (bicyclic) bond motifs is 1. The molecule has 0 fully saturated rings. The zero-order chi connectivity index (χ0) is 9.42. The first-order valence-corrected chi connectivity index (χ1v) is 5.13. The number of hydrogen-bond acceptors (Lipinski definition) is 1. The molecular formula is C9H4BrCl2N. The summed E-state index contributed by atoms with van der Waals surface area (Å²) in [5, 5.41) is 1.80. The second-order valence-corrected chi connectivity index (χ2v) is 4.28. The second kappa shape index (κ2) is 3.45. The molecule has 0 unspecified atom stereocenters. The molecule has 0 N–H and O–H groups in total. The molecule has 0 bridgehead atoms. The summed E-state index contributed by atoms with van der Waals surface area (Å²) in [6.07, 6.45) is 0. The number of rotatable bonds is 0. The summed E-state index contributed by atoms with van der Waals surface area (Å²) in [6.45, 7) is 0. The quantitative estimate of drug-likeness (QED) is 0.654. The van der Waals surface area contributed by atoms with Crippen LogP contribution in [0.25, 0.3) is 10.9 Å². The fourth-order valence-corrected chi connectivity index (χ4v) is 1.78. The van der Waals surface area contributed by atoms with E-state index in [1.165, 1.54) is 0 Å². The van der Waals surface area contributed by atoms with Gasteiger partial charge in [-0.15, -0.1) is 0 Å². The van der Waals surface area contributed by atoms with Gasteiger partial charge in [0.2, 0.25) is 0 Å². The topological polar surface area (TPSA) is 12.9 Å². The molecule has 0 amide bonds. The number of hydrogen-bond donors (Lipinski definition) is 0. The SMILES string of the molecule is Clc1cc2cc(Br)ccc2nc1Cl. The van der Waals surface area contributed by atoms with E-state index in [0.29, 0.717) is 10.2 Å². The van der Waals surface area contributed by atoms with Crippen molar-refractivity contribution in [1.29, 1.82) is 0 Å². The molecule has 2 rings (SSSR count). The van der Waals surface area contributed by atoms with Crippen molar-refractivity contribution in [1.82, 2.24) is 4.98 Å². The molecule has 0 aliphatic carbocycles. The van der Waals surface area contributed by atoms with Crippen LogP contribution in [0.2, 0.25) is 10.2 Å². The maximum absolute atomic E-state index is 5.83. The van der Waals surface area contributed by atoms with E-state index in [2.05, 4.69) is 20.9 Å². The van der Waals surface area contributed by atoms with E-state index in [0.717, 1.165) is 15.4 Å². The number of pyridine rings is 1. The number of benzene rings is 1. The molecule has 0 spiro atoms. The maximum atomic E-state index is 5.83. The smallest absolute Gasteiger partial charge is 0.148 e. The molecule has 13 heavy (non-hydrogen) atoms. The number of halogens is 3. The van der Waals surface area contributed by atoms with Crippen LogP contribution in [0, 0.1) is 0 Å². The van der Waals surface area contributed by atoms with Crippen LogP contribution in [0.3, 0.4) is 0 Å². The van der Waals surface area contributed by atoms with Crippen molar-refractivity contribution in [3.8, 4) is 0 Å². The van der Waals surface area contributed by atoms with Gasteiger partial charge >= 0.3 is 0 Å². The summed E-state index contributed by atoms with van der Waals surface area (Å²) in [6, 6.07) is 7.56. The molecule has 0 saturated carbocycles. The standard InChI is InChI=1S/C9H4BrCl2N/c10-6-1-2-8-5(3-6)4-7(11)9(12)13-8/h1-4H. The Bertz CT molecular complexity index is 470. The molecule has 0 radical (unpaired) electrons. The highest BCUT2D eigenvalue weighted by Gasteiger charge is 2.02. The molecule has 2 aromatic rings. The van der Waals surface area contributed by atoms with E-state index in [9.17, 15) is 0 Å². The average Bonchev–Trinajstić information content (AvgIpc) is 2.08. The summed E-state index contributed by atoms with van der Waals surface area (Å²) in [5.74, 6) is 0. The van der Waals surface area contributed by atoms with Gasteiger partial charge in [0.05, 0.1) is 10.5 Å². The van der Waals surface area contributed by atoms with Crippen LogP contribution < -0.4 is 0 Å². The lowest BCUT2D eigenvalue weighted by molar-refractivity contribution is 1.41. The Kier molecular flexibility index (Phi) is 2.45. The maximum Gasteiger partial charge on any atom is 0.148 e. The monoisotopic (exact) mass is 275 g/mol. The van der Waals surface area contributed by atoms with E-state index in [1.807, 2.05) is 18.2 Å². The minimum absolute atomic E-state index is 0.344. The molecule has 66 valence electrons. The predicted octanol–water partition coefficient (Wildman–Crippen LogP) is 4.30. The first-order chi connectivity index (χ1) is 6.16. The molecule has 1 heterocycles. The van der Waals surface area contributed by atoms with Crippen LogP contribution >= 0.6 is 39.1 Å². The Morgan fingerprint density at radius 1 is 1.15 bits per heavy atom. The Balaban J connectivity index is 2.81. The molecular weight excluding hydrogens is 273 g/mol. The first-order valence-electron chi connectivity index (χ1n) is 3.58. The van der Waals surface area contributed by atoms with Crippen molar-refractivity contribution in [2.75, 3.05) is 0 Å². The van der Waals surface area contributed by atoms with Gasteiger partial charge in [-0.1, -0.05) is 39.1 Å². The summed E-state index contributed by atoms with van der Waals surface area (Å²) in [5.41, 5.74) is 0.845. The third-order valence-electron chi connectivity index (χ3n) is 1.69. The molecule has 0 saturated heterocycles. The van der Waals surface area contributed by atoms with Gasteiger partial charge in [-0.05, 0) is 24.3 Å². The van der Waals surface area contributed by atoms with Gasteiger partial charge < -0.3 is 0 Å². The van der Waals surface area contributed by atoms with E-state index in [-0.39, 0.29) is 0 Å². The average molecular weight is 277 g/mol. The largest absolute Gasteiger partial charge is 0.235 e. The van der Waals surface area contributed by atoms with Crippen LogP contribution in [-0.4, -0.2) is 4.98 Å². The number of nitrogens with zero attached hydrogens (tertiary/aromatic N) is 1. The zero-order valence-electron chi connectivity index (χ0n) is 6.39. The number of aromatic nitrogens is 1. The van der Waals surface area contributed by atoms with Crippen molar-refractivity contribution in [3.05, 3.63) is 38.9 Å². The Morgan fingerprint density at radius 3 is 2.69 bits per heavy atom. The molecule has 1 nitrogen and oxygen atoms in total. The van der Waals surface area contributed by atoms with Crippen LogP contribution in [0.5, 0.6) is 0 Å². The van der Waals surface area contributed by atoms with Gasteiger partial charge in [0.1, 0.15) is 5.15 Å². The lowest BCUT2D eigenvalue weighted by Gasteiger charge is -2.00. The van der Waals surface area contributed by atoms with Gasteiger partial charge in [-0.2, -0.15) is 0 Å². The van der Waals surface area contributed by atoms with E-state index >= 15 is 0 Å². The van der Waals surface area contributed by atoms with E-state index < -0.39 is 0 Å². The lowest BCUT2D eigenvalue weighted by atomic mass is 10.2. The highest BCUT2D eigenvalue weighted by molar-refractivity contribution is 9.10. The highest BCUT2D eigenvalue weighted by atomic mass is 79.9. The van der Waals surface area contributed by atoms with Crippen LogP contribution in [0.1, 0.15) is 0 Å². The van der Waals surface area contributed by atoms with Crippen molar-refractivity contribution in [3.63, 3.8) is 0 Å². The molecule has 0 aliphatic heterocycles. The second-order valence-electron chi connectivity index (χ2n) is 2.60. The molecule has 0 aliphatic rings. The minimum atomic E-state index is 0.344. The van der Waals surface area contributed by atoms with Crippen molar-refractivity contribution < 1.29 is 0 Å². The Morgan fingerprint density at radius 2 is 1.92 bits per heavy atom. The highest BCUT2D eigenvalue weighted by Crippen LogP contribution is 2.26. The van der Waals surface area contributed by atoms with Gasteiger partial charge in [0, 0.05) is 9.86 Å². The molecule has 1 aromatic heterocycles. The van der Waals surface area contributed by atoms with Crippen LogP contribution in [-0.2, 0) is 0 Å². The van der Waals surface area contributed by atoms with E-state index in [1.54, 1.807) is 6.07 Å². The fourth-order valence-electron chi connectivity index (χ4n) is 1.10. The van der Waals surface area contributed by atoms with E-state index in [4.69, 9.17) is 23.2 Å². The molecule has 1 aromatic carbocycles. The summed E-state index contributed by atoms with van der Waals surface area (Å²) in [4.78, 5) is 4.13. The van der Waals surface area contributed by atoms with Crippen LogP contribution in [0.15, 0.2) is 28.7 Å². The summed E-state index contributed by atoms with van der Waals surface area (Å²) in [7, 11) is 0.